The van der Waals surface area contributed by atoms with Gasteiger partial charge in [0.25, 0.3) is 5.91 Å². The van der Waals surface area contributed by atoms with Gasteiger partial charge in [0.05, 0.1) is 11.2 Å². The van der Waals surface area contributed by atoms with Gasteiger partial charge in [0.2, 0.25) is 0 Å². The van der Waals surface area contributed by atoms with Gasteiger partial charge in [0, 0.05) is 30.4 Å². The Hall–Kier alpha value is -4.59. The van der Waals surface area contributed by atoms with E-state index in [1.165, 1.54) is 19.3 Å². The number of nitrogen functional groups attached to an aromatic ring is 1. The molecule has 1 amide bonds. The monoisotopic (exact) mass is 463 g/mol. The predicted molar refractivity (Wildman–Crippen MR) is 136 cm³/mol. The minimum absolute atomic E-state index is 0.0237. The summed E-state index contributed by atoms with van der Waals surface area (Å²) < 4.78 is 1.66. The Kier molecular flexibility index (Phi) is 5.93. The van der Waals surface area contributed by atoms with Crippen molar-refractivity contribution in [2.45, 2.75) is 19.3 Å². The molecule has 2 aromatic carbocycles. The second-order valence-electron chi connectivity index (χ2n) is 8.43. The highest BCUT2D eigenvalue weighted by atomic mass is 16.1. The molecule has 4 N–H and O–H groups in total. The first-order valence-corrected chi connectivity index (χ1v) is 11.4. The topological polar surface area (TPSA) is 126 Å². The quantitative estimate of drug-likeness (QED) is 0.417. The number of rotatable bonds is 3. The Morgan fingerprint density at radius 3 is 2.40 bits per heavy atom. The maximum absolute atomic E-state index is 11.7. The van der Waals surface area contributed by atoms with Crippen LogP contribution in [-0.4, -0.2) is 30.6 Å². The lowest BCUT2D eigenvalue weighted by molar-refractivity contribution is 0.0996. The van der Waals surface area contributed by atoms with Crippen LogP contribution >= 0.6 is 0 Å². The van der Waals surface area contributed by atoms with Crippen LogP contribution in [0.15, 0.2) is 73.1 Å². The molecule has 0 atom stereocenters. The molecule has 1 aliphatic carbocycles. The van der Waals surface area contributed by atoms with E-state index in [1.54, 1.807) is 41.3 Å². The van der Waals surface area contributed by atoms with E-state index < -0.39 is 5.91 Å². The van der Waals surface area contributed by atoms with Crippen molar-refractivity contribution in [3.8, 4) is 22.6 Å². The van der Waals surface area contributed by atoms with Crippen molar-refractivity contribution in [3.05, 3.63) is 89.9 Å². The lowest BCUT2D eigenvalue weighted by Crippen LogP contribution is -2.18. The van der Waals surface area contributed by atoms with Gasteiger partial charge < -0.3 is 11.5 Å². The number of hydrogen-bond donors (Lipinski definition) is 2. The van der Waals surface area contributed by atoms with Gasteiger partial charge in [-0.15, -0.1) is 0 Å². The zero-order valence-electron chi connectivity index (χ0n) is 19.3. The maximum atomic E-state index is 11.7. The molecule has 5 aromatic rings. The molecule has 0 fully saturated rings. The van der Waals surface area contributed by atoms with E-state index in [0.29, 0.717) is 17.1 Å². The maximum Gasteiger partial charge on any atom is 0.271 e. The van der Waals surface area contributed by atoms with Gasteiger partial charge in [-0.25, -0.2) is 9.97 Å². The van der Waals surface area contributed by atoms with Crippen molar-refractivity contribution in [2.24, 2.45) is 12.8 Å². The van der Waals surface area contributed by atoms with E-state index in [4.69, 9.17) is 11.5 Å². The molecule has 0 saturated heterocycles. The van der Waals surface area contributed by atoms with Crippen LogP contribution in [0.1, 0.15) is 28.0 Å². The summed E-state index contributed by atoms with van der Waals surface area (Å²) in [5, 5.41) is 5.32. The van der Waals surface area contributed by atoms with E-state index in [2.05, 4.69) is 44.3 Å². The molecule has 0 aliphatic heterocycles. The molecule has 0 bridgehead atoms. The number of hydrogen-bond acceptors (Lipinski definition) is 6. The number of benzene rings is 2. The first kappa shape index (κ1) is 22.2. The Bertz CT molecular complexity index is 1520. The molecule has 0 saturated carbocycles. The Balaban J connectivity index is 0.000000234. The van der Waals surface area contributed by atoms with Crippen molar-refractivity contribution in [1.82, 2.24) is 24.7 Å². The molecular weight excluding hydrogens is 438 g/mol. The number of carbonyl (C=O) groups is 1. The number of amides is 1. The number of primary amides is 1. The molecule has 0 unspecified atom stereocenters. The first-order valence-electron chi connectivity index (χ1n) is 11.4. The van der Waals surface area contributed by atoms with Crippen LogP contribution in [0.2, 0.25) is 0 Å². The van der Waals surface area contributed by atoms with Crippen LogP contribution in [0.3, 0.4) is 0 Å². The minimum Gasteiger partial charge on any atom is -0.382 e. The first-order chi connectivity index (χ1) is 17.0. The molecule has 8 nitrogen and oxygen atoms in total. The summed E-state index contributed by atoms with van der Waals surface area (Å²) >= 11 is 0. The summed E-state index contributed by atoms with van der Waals surface area (Å²) in [5.41, 5.74) is 17.5. The van der Waals surface area contributed by atoms with Gasteiger partial charge in [-0.1, -0.05) is 36.4 Å². The fourth-order valence-electron chi connectivity index (χ4n) is 4.29. The van der Waals surface area contributed by atoms with Crippen molar-refractivity contribution in [3.63, 3.8) is 0 Å². The Labute approximate surface area is 202 Å². The summed E-state index contributed by atoms with van der Waals surface area (Å²) in [4.78, 5) is 24.8. The van der Waals surface area contributed by atoms with Gasteiger partial charge in [0.1, 0.15) is 11.4 Å². The zero-order valence-corrected chi connectivity index (χ0v) is 19.3. The summed E-state index contributed by atoms with van der Waals surface area (Å²) in [6.45, 7) is 0. The number of anilines is 1. The number of nitrogens with zero attached hydrogens (tertiary/aromatic N) is 5. The molecular formula is C27H25N7O. The summed E-state index contributed by atoms with van der Waals surface area (Å²) in [5.74, 6) is -0.754. The molecule has 0 radical (unpaired) electrons. The second-order valence-corrected chi connectivity index (χ2v) is 8.43. The number of aryl methyl sites for hydroxylation is 3. The second kappa shape index (κ2) is 9.34. The van der Waals surface area contributed by atoms with Crippen LogP contribution in [0, 0.1) is 0 Å². The Morgan fingerprint density at radius 1 is 0.943 bits per heavy atom. The highest BCUT2D eigenvalue weighted by Crippen LogP contribution is 2.31. The van der Waals surface area contributed by atoms with Crippen molar-refractivity contribution in [1.29, 1.82) is 0 Å². The smallest absolute Gasteiger partial charge is 0.271 e. The molecule has 1 aliphatic rings. The van der Waals surface area contributed by atoms with Gasteiger partial charge in [-0.3, -0.25) is 14.5 Å². The third-order valence-corrected chi connectivity index (χ3v) is 6.00. The standard InChI is InChI=1S/C18H15N7O.C9H10/c1-25-8-6-13(24-25)15-14(22-16(18(20)26)17(19)23-15)11-4-5-12-10(9-11)3-2-7-21-12;1-2-5-9-7-3-6-8(9)4-1/h2-9H,1H3,(H2,19,23)(H2,20,26);1-2,4-5H,3,6-7H2. The summed E-state index contributed by atoms with van der Waals surface area (Å²) in [6, 6.07) is 20.0. The Morgan fingerprint density at radius 2 is 1.71 bits per heavy atom. The van der Waals surface area contributed by atoms with E-state index >= 15 is 0 Å². The number of fused-ring (bicyclic) bond motifs is 2. The third kappa shape index (κ3) is 4.59. The minimum atomic E-state index is -0.730. The number of nitrogens with two attached hydrogens (primary N) is 2. The van der Waals surface area contributed by atoms with Crippen molar-refractivity contribution >= 4 is 22.6 Å². The average molecular weight is 464 g/mol. The molecule has 3 heterocycles. The van der Waals surface area contributed by atoms with Gasteiger partial charge >= 0.3 is 0 Å². The predicted octanol–water partition coefficient (Wildman–Crippen LogP) is 3.95. The van der Waals surface area contributed by atoms with Crippen molar-refractivity contribution in [2.75, 3.05) is 5.73 Å². The highest BCUT2D eigenvalue weighted by molar-refractivity contribution is 5.97. The molecule has 0 spiro atoms. The lowest BCUT2D eigenvalue weighted by Gasteiger charge is -2.10. The van der Waals surface area contributed by atoms with Crippen LogP contribution < -0.4 is 11.5 Å². The van der Waals surface area contributed by atoms with E-state index in [0.717, 1.165) is 16.5 Å². The lowest BCUT2D eigenvalue weighted by atomic mass is 10.0. The number of aromatic nitrogens is 5. The van der Waals surface area contributed by atoms with Crippen LogP contribution in [0.5, 0.6) is 0 Å². The fraction of sp³-hybridized carbons (Fsp3) is 0.148. The average Bonchev–Trinajstić information content (AvgIpc) is 3.53. The summed E-state index contributed by atoms with van der Waals surface area (Å²) in [6.07, 6.45) is 7.49. The van der Waals surface area contributed by atoms with Crippen molar-refractivity contribution < 1.29 is 4.79 Å². The fourth-order valence-corrected chi connectivity index (χ4v) is 4.29. The van der Waals surface area contributed by atoms with Crippen LogP contribution in [-0.2, 0) is 19.9 Å². The van der Waals surface area contributed by atoms with Crippen LogP contribution in [0.4, 0.5) is 5.82 Å². The normalized spacial score (nSPS) is 12.1. The molecule has 35 heavy (non-hydrogen) atoms. The SMILES string of the molecule is Cn1ccc(-c2nc(N)c(C(N)=O)nc2-c2ccc3ncccc3c2)n1.c1ccc2c(c1)CCC2. The molecule has 174 valence electrons. The molecule has 3 aromatic heterocycles. The van der Waals surface area contributed by atoms with E-state index in [1.807, 2.05) is 30.3 Å². The van der Waals surface area contributed by atoms with Crippen LogP contribution in [0.25, 0.3) is 33.5 Å². The third-order valence-electron chi connectivity index (χ3n) is 6.00. The summed E-state index contributed by atoms with van der Waals surface area (Å²) in [7, 11) is 1.80. The van der Waals surface area contributed by atoms with Gasteiger partial charge in [-0.2, -0.15) is 5.10 Å². The zero-order chi connectivity index (χ0) is 24.4. The largest absolute Gasteiger partial charge is 0.382 e. The van der Waals surface area contributed by atoms with E-state index in [9.17, 15) is 4.79 Å². The molecule has 8 heteroatoms. The number of pyridine rings is 1. The van der Waals surface area contributed by atoms with Gasteiger partial charge in [0.15, 0.2) is 11.5 Å². The van der Waals surface area contributed by atoms with E-state index in [-0.39, 0.29) is 11.5 Å². The highest BCUT2D eigenvalue weighted by Gasteiger charge is 2.20. The number of carbonyl (C=O) groups excluding carboxylic acids is 1. The molecule has 6 rings (SSSR count). The van der Waals surface area contributed by atoms with Gasteiger partial charge in [-0.05, 0) is 54.7 Å².